The summed E-state index contributed by atoms with van der Waals surface area (Å²) >= 11 is 0. The van der Waals surface area contributed by atoms with Crippen molar-refractivity contribution in [3.8, 4) is 11.5 Å². The zero-order valence-electron chi connectivity index (χ0n) is 17.5. The van der Waals surface area contributed by atoms with Gasteiger partial charge in [0.1, 0.15) is 13.2 Å². The minimum absolute atomic E-state index is 0.0345. The lowest BCUT2D eigenvalue weighted by Crippen LogP contribution is -2.31. The molecule has 1 saturated heterocycles. The van der Waals surface area contributed by atoms with Gasteiger partial charge in [0.05, 0.1) is 11.6 Å². The molecule has 1 atom stereocenters. The third kappa shape index (κ3) is 3.38. The molecule has 0 unspecified atom stereocenters. The second-order valence-electron chi connectivity index (χ2n) is 9.37. The largest absolute Gasteiger partial charge is 0.486 e. The lowest BCUT2D eigenvalue weighted by atomic mass is 10.0. The molecule has 1 amide bonds. The van der Waals surface area contributed by atoms with Crippen molar-refractivity contribution in [3.63, 3.8) is 0 Å². The second kappa shape index (κ2) is 6.78. The molecule has 1 aromatic carbocycles. The molecule has 0 spiro atoms. The lowest BCUT2D eigenvalue weighted by molar-refractivity contribution is 0.0727. The maximum absolute atomic E-state index is 13.4. The molecule has 0 radical (unpaired) electrons. The van der Waals surface area contributed by atoms with E-state index in [-0.39, 0.29) is 17.5 Å². The summed E-state index contributed by atoms with van der Waals surface area (Å²) in [4.78, 5) is 15.4. The topological polar surface area (TPSA) is 56.6 Å². The number of fused-ring (bicyclic) bond motifs is 1. The first-order chi connectivity index (χ1) is 13.9. The minimum atomic E-state index is -0.128. The summed E-state index contributed by atoms with van der Waals surface area (Å²) in [6.07, 6.45) is 4.35. The second-order valence-corrected chi connectivity index (χ2v) is 9.37. The van der Waals surface area contributed by atoms with Gasteiger partial charge >= 0.3 is 0 Å². The highest BCUT2D eigenvalue weighted by molar-refractivity contribution is 5.93. The first-order valence-corrected chi connectivity index (χ1v) is 10.7. The predicted octanol–water partition coefficient (Wildman–Crippen LogP) is 4.26. The van der Waals surface area contributed by atoms with E-state index in [9.17, 15) is 4.79 Å². The van der Waals surface area contributed by atoms with Gasteiger partial charge in [0.25, 0.3) is 5.91 Å². The molecule has 0 bridgehead atoms. The fourth-order valence-electron chi connectivity index (χ4n) is 4.48. The van der Waals surface area contributed by atoms with Crippen LogP contribution in [0.4, 0.5) is 0 Å². The van der Waals surface area contributed by atoms with Crippen LogP contribution in [-0.4, -0.2) is 40.3 Å². The third-order valence-corrected chi connectivity index (χ3v) is 6.05. The molecule has 3 heterocycles. The minimum Gasteiger partial charge on any atom is -0.486 e. The molecule has 5 rings (SSSR count). The Balaban J connectivity index is 1.44. The number of carbonyl (C=O) groups is 1. The fraction of sp³-hybridized carbons (Fsp3) is 0.565. The first-order valence-electron chi connectivity index (χ1n) is 10.7. The van der Waals surface area contributed by atoms with Gasteiger partial charge in [-0.1, -0.05) is 6.07 Å². The number of hydrogen-bond acceptors (Lipinski definition) is 4. The van der Waals surface area contributed by atoms with Crippen molar-refractivity contribution in [2.45, 2.75) is 64.0 Å². The van der Waals surface area contributed by atoms with Gasteiger partial charge in [-0.25, -0.2) is 0 Å². The predicted molar refractivity (Wildman–Crippen MR) is 110 cm³/mol. The van der Waals surface area contributed by atoms with Crippen LogP contribution in [0.25, 0.3) is 0 Å². The molecule has 2 fully saturated rings. The van der Waals surface area contributed by atoms with Crippen molar-refractivity contribution in [1.29, 1.82) is 0 Å². The summed E-state index contributed by atoms with van der Waals surface area (Å²) < 4.78 is 13.5. The van der Waals surface area contributed by atoms with Gasteiger partial charge in [-0.05, 0) is 70.2 Å². The molecule has 1 aliphatic carbocycles. The van der Waals surface area contributed by atoms with Gasteiger partial charge in [0.2, 0.25) is 0 Å². The number of hydrogen-bond donors (Lipinski definition) is 0. The van der Waals surface area contributed by atoms with E-state index < -0.39 is 0 Å². The molecule has 2 aromatic rings. The summed E-state index contributed by atoms with van der Waals surface area (Å²) in [5.41, 5.74) is 2.76. The molecule has 1 saturated carbocycles. The van der Waals surface area contributed by atoms with Crippen LogP contribution in [0.5, 0.6) is 11.5 Å². The first kappa shape index (κ1) is 18.5. The third-order valence-electron chi connectivity index (χ3n) is 6.05. The average molecular weight is 396 g/mol. The molecule has 0 N–H and O–H groups in total. The van der Waals surface area contributed by atoms with Crippen molar-refractivity contribution in [2.75, 3.05) is 19.8 Å². The highest BCUT2D eigenvalue weighted by atomic mass is 16.6. The molecule has 3 aliphatic rings. The van der Waals surface area contributed by atoms with Crippen molar-refractivity contribution < 1.29 is 14.3 Å². The molecule has 29 heavy (non-hydrogen) atoms. The van der Waals surface area contributed by atoms with Gasteiger partial charge in [0, 0.05) is 18.2 Å². The van der Waals surface area contributed by atoms with Crippen LogP contribution in [0.15, 0.2) is 24.3 Å². The van der Waals surface area contributed by atoms with Crippen LogP contribution in [-0.2, 0) is 5.54 Å². The molecule has 1 aromatic heterocycles. The van der Waals surface area contributed by atoms with Crippen molar-refractivity contribution in [2.24, 2.45) is 0 Å². The zero-order chi connectivity index (χ0) is 20.2. The van der Waals surface area contributed by atoms with Crippen LogP contribution in [0.1, 0.15) is 80.2 Å². The van der Waals surface area contributed by atoms with Gasteiger partial charge < -0.3 is 14.4 Å². The summed E-state index contributed by atoms with van der Waals surface area (Å²) in [6.45, 7) is 8.35. The Morgan fingerprint density at radius 3 is 2.55 bits per heavy atom. The van der Waals surface area contributed by atoms with Gasteiger partial charge in [-0.3, -0.25) is 9.48 Å². The quantitative estimate of drug-likeness (QED) is 0.779. The van der Waals surface area contributed by atoms with Crippen LogP contribution in [0.3, 0.4) is 0 Å². The molecule has 6 heteroatoms. The van der Waals surface area contributed by atoms with Gasteiger partial charge in [-0.2, -0.15) is 5.10 Å². The van der Waals surface area contributed by atoms with E-state index in [1.807, 2.05) is 23.1 Å². The Kier molecular flexibility index (Phi) is 4.33. The maximum Gasteiger partial charge on any atom is 0.274 e. The monoisotopic (exact) mass is 395 g/mol. The lowest BCUT2D eigenvalue weighted by Gasteiger charge is -2.26. The van der Waals surface area contributed by atoms with Crippen LogP contribution < -0.4 is 9.47 Å². The molecule has 154 valence electrons. The number of carbonyl (C=O) groups excluding carboxylic acids is 1. The summed E-state index contributed by atoms with van der Waals surface area (Å²) in [7, 11) is 0. The average Bonchev–Trinajstić information content (AvgIpc) is 3.26. The Labute approximate surface area is 171 Å². The summed E-state index contributed by atoms with van der Waals surface area (Å²) in [5.74, 6) is 2.15. The van der Waals surface area contributed by atoms with Crippen LogP contribution in [0.2, 0.25) is 0 Å². The standard InChI is InChI=1S/C23H29N3O3/c1-23(2,3)26-19(15-6-7-15)14-17(24-26)22(27)25-10-4-5-18(25)16-8-9-20-21(13-16)29-12-11-28-20/h8-9,13-15,18H,4-7,10-12H2,1-3H3/t18-/m0/s1. The number of ether oxygens (including phenoxy) is 2. The van der Waals surface area contributed by atoms with E-state index in [1.54, 1.807) is 0 Å². The molecule has 2 aliphatic heterocycles. The Morgan fingerprint density at radius 2 is 1.83 bits per heavy atom. The SMILES string of the molecule is CC(C)(C)n1nc(C(=O)N2CCC[C@H]2c2ccc3c(c2)OCCO3)cc1C1CC1. The highest BCUT2D eigenvalue weighted by Crippen LogP contribution is 2.43. The number of benzene rings is 1. The maximum atomic E-state index is 13.4. The number of likely N-dealkylation sites (tertiary alicyclic amines) is 1. The Hall–Kier alpha value is -2.50. The number of aromatic nitrogens is 2. The van der Waals surface area contributed by atoms with E-state index in [0.717, 1.165) is 36.4 Å². The normalized spacial score (nSPS) is 21.5. The zero-order valence-corrected chi connectivity index (χ0v) is 17.5. The van der Waals surface area contributed by atoms with E-state index in [1.165, 1.54) is 18.5 Å². The molecule has 6 nitrogen and oxygen atoms in total. The van der Waals surface area contributed by atoms with E-state index in [2.05, 4.69) is 31.5 Å². The molecular weight excluding hydrogens is 366 g/mol. The van der Waals surface area contributed by atoms with E-state index >= 15 is 0 Å². The molecular formula is C23H29N3O3. The van der Waals surface area contributed by atoms with Gasteiger partial charge in [0.15, 0.2) is 17.2 Å². The highest BCUT2D eigenvalue weighted by Gasteiger charge is 2.36. The smallest absolute Gasteiger partial charge is 0.274 e. The summed E-state index contributed by atoms with van der Waals surface area (Å²) in [6, 6.07) is 8.15. The van der Waals surface area contributed by atoms with Crippen LogP contribution in [0, 0.1) is 0 Å². The Morgan fingerprint density at radius 1 is 1.07 bits per heavy atom. The van der Waals surface area contributed by atoms with Crippen molar-refractivity contribution in [3.05, 3.63) is 41.2 Å². The van der Waals surface area contributed by atoms with Gasteiger partial charge in [-0.15, -0.1) is 0 Å². The van der Waals surface area contributed by atoms with Crippen LogP contribution >= 0.6 is 0 Å². The fourth-order valence-corrected chi connectivity index (χ4v) is 4.48. The Bertz CT molecular complexity index is 939. The van der Waals surface area contributed by atoms with Crippen molar-refractivity contribution >= 4 is 5.91 Å². The van der Waals surface area contributed by atoms with E-state index in [0.29, 0.717) is 24.8 Å². The number of rotatable bonds is 3. The number of nitrogens with zero attached hydrogens (tertiary/aromatic N) is 3. The number of amides is 1. The van der Waals surface area contributed by atoms with Crippen molar-refractivity contribution in [1.82, 2.24) is 14.7 Å². The van der Waals surface area contributed by atoms with E-state index in [4.69, 9.17) is 14.6 Å². The summed E-state index contributed by atoms with van der Waals surface area (Å²) in [5, 5.41) is 4.77.